The highest BCUT2D eigenvalue weighted by Crippen LogP contribution is 2.14. The van der Waals surface area contributed by atoms with Crippen LogP contribution in [0.3, 0.4) is 0 Å². The van der Waals surface area contributed by atoms with Crippen molar-refractivity contribution in [2.45, 2.75) is 50.4 Å². The lowest BCUT2D eigenvalue weighted by atomic mass is 10.1. The van der Waals surface area contributed by atoms with E-state index in [0.29, 0.717) is 13.1 Å². The van der Waals surface area contributed by atoms with Gasteiger partial charge >= 0.3 is 12.1 Å². The summed E-state index contributed by atoms with van der Waals surface area (Å²) in [5.74, 6) is -2.76. The number of aliphatic hydroxyl groups excluding tert-OH is 6. The van der Waals surface area contributed by atoms with Crippen LogP contribution in [-0.2, 0) is 4.79 Å². The fourth-order valence-electron chi connectivity index (χ4n) is 2.75. The Labute approximate surface area is 207 Å². The Bertz CT molecular complexity index is 695. The number of nitrogens with zero attached hydrogens (tertiary/aromatic N) is 1. The molecule has 0 saturated carbocycles. The number of aliphatic carboxylic acids is 1. The highest BCUT2D eigenvalue weighted by molar-refractivity contribution is 5.73. The highest BCUT2D eigenvalue weighted by atomic mass is 19.4. The van der Waals surface area contributed by atoms with Crippen molar-refractivity contribution in [2.75, 3.05) is 56.6 Å². The van der Waals surface area contributed by atoms with E-state index in [1.807, 2.05) is 24.3 Å². The van der Waals surface area contributed by atoms with Gasteiger partial charge in [-0.25, -0.2) is 4.79 Å². The molecule has 1 aromatic rings. The Balaban J connectivity index is 0.00000152. The molecule has 0 spiro atoms. The Morgan fingerprint density at radius 2 is 1.25 bits per heavy atom. The average molecular weight is 530 g/mol. The number of nitrogens with one attached hydrogen (secondary N) is 2. The quantitative estimate of drug-likeness (QED) is 0.128. The zero-order chi connectivity index (χ0) is 27.7. The summed E-state index contributed by atoms with van der Waals surface area (Å²) in [6.07, 6.45) is -7.82. The van der Waals surface area contributed by atoms with Gasteiger partial charge in [-0.15, -0.1) is 0 Å². The number of rotatable bonds is 16. The Morgan fingerprint density at radius 1 is 0.861 bits per heavy atom. The van der Waals surface area contributed by atoms with Crippen molar-refractivity contribution in [2.24, 2.45) is 0 Å². The number of unbranched alkanes of at least 4 members (excludes halogenated alkanes) is 1. The first-order valence-corrected chi connectivity index (χ1v) is 11.4. The molecule has 0 fully saturated rings. The third kappa shape index (κ3) is 15.0. The van der Waals surface area contributed by atoms with E-state index in [2.05, 4.69) is 17.6 Å². The number of carboxylic acid groups (broad SMARTS) is 1. The minimum absolute atomic E-state index is 0.00109. The second kappa shape index (κ2) is 18.1. The van der Waals surface area contributed by atoms with Crippen LogP contribution in [-0.4, -0.2) is 123 Å². The molecule has 0 aromatic heterocycles. The van der Waals surface area contributed by atoms with Gasteiger partial charge in [0.25, 0.3) is 0 Å². The number of halogens is 3. The zero-order valence-corrected chi connectivity index (χ0v) is 20.1. The molecule has 14 heteroatoms. The van der Waals surface area contributed by atoms with Crippen LogP contribution in [0.2, 0.25) is 0 Å². The molecule has 210 valence electrons. The number of anilines is 2. The summed E-state index contributed by atoms with van der Waals surface area (Å²) in [6, 6.07) is 7.87. The Kier molecular flexibility index (Phi) is 17.0. The number of alkyl halides is 3. The molecular weight excluding hydrogens is 491 g/mol. The van der Waals surface area contributed by atoms with Crippen molar-refractivity contribution in [1.29, 1.82) is 0 Å². The summed E-state index contributed by atoms with van der Waals surface area (Å²) in [6.45, 7) is 2.82. The highest BCUT2D eigenvalue weighted by Gasteiger charge is 2.38. The molecule has 11 nitrogen and oxygen atoms in total. The van der Waals surface area contributed by atoms with Crippen LogP contribution >= 0.6 is 0 Å². The van der Waals surface area contributed by atoms with E-state index in [1.165, 1.54) is 0 Å². The van der Waals surface area contributed by atoms with Gasteiger partial charge in [0.05, 0.1) is 25.4 Å². The van der Waals surface area contributed by atoms with Crippen molar-refractivity contribution in [1.82, 2.24) is 4.90 Å². The van der Waals surface area contributed by atoms with Crippen LogP contribution in [0.4, 0.5) is 24.5 Å². The smallest absolute Gasteiger partial charge is 0.475 e. The van der Waals surface area contributed by atoms with E-state index in [9.17, 15) is 33.6 Å². The minimum atomic E-state index is -5.08. The average Bonchev–Trinajstić information content (AvgIpc) is 2.83. The molecule has 0 radical (unpaired) electrons. The van der Waals surface area contributed by atoms with Crippen LogP contribution in [0, 0.1) is 0 Å². The van der Waals surface area contributed by atoms with Crippen LogP contribution in [0.25, 0.3) is 0 Å². The Morgan fingerprint density at radius 3 is 1.58 bits per heavy atom. The predicted octanol–water partition coefficient (Wildman–Crippen LogP) is -0.326. The van der Waals surface area contributed by atoms with Gasteiger partial charge in [-0.05, 0) is 30.7 Å². The van der Waals surface area contributed by atoms with Gasteiger partial charge in [0.1, 0.15) is 12.2 Å². The van der Waals surface area contributed by atoms with E-state index in [-0.39, 0.29) is 13.1 Å². The third-order valence-corrected chi connectivity index (χ3v) is 4.90. The number of hydrogen-bond acceptors (Lipinski definition) is 10. The molecule has 1 rings (SSSR count). The van der Waals surface area contributed by atoms with Crippen LogP contribution in [0.5, 0.6) is 0 Å². The molecule has 1 aromatic carbocycles. The normalized spacial score (nSPS) is 14.9. The topological polar surface area (TPSA) is 186 Å². The van der Waals surface area contributed by atoms with Crippen LogP contribution in [0.1, 0.15) is 19.8 Å². The second-order valence-electron chi connectivity index (χ2n) is 7.98. The summed E-state index contributed by atoms with van der Waals surface area (Å²) in [4.78, 5) is 10.5. The molecule has 0 aliphatic carbocycles. The molecule has 0 aliphatic heterocycles. The van der Waals surface area contributed by atoms with Gasteiger partial charge < -0.3 is 46.4 Å². The van der Waals surface area contributed by atoms with Crippen LogP contribution in [0.15, 0.2) is 24.3 Å². The van der Waals surface area contributed by atoms with Gasteiger partial charge in [-0.2, -0.15) is 13.2 Å². The van der Waals surface area contributed by atoms with E-state index in [1.54, 1.807) is 4.90 Å². The number of carboxylic acids is 1. The summed E-state index contributed by atoms with van der Waals surface area (Å²) in [5, 5.41) is 70.7. The standard InChI is InChI=1S/C20H37N3O6.C2HF3O2/c1-2-3-8-21-15-4-6-16(7-5-15)22-9-10-23(11-17(26)19(28)13-24)12-18(27)20(29)14-25;3-2(4,5)1(6)7/h4-7,17-22,24-29H,2-3,8-14H2,1H3;(H,6,7)/t17-,18-,19+,20+;/m0./s1. The van der Waals surface area contributed by atoms with Crippen molar-refractivity contribution in [3.63, 3.8) is 0 Å². The van der Waals surface area contributed by atoms with Crippen LogP contribution < -0.4 is 10.6 Å². The first-order chi connectivity index (χ1) is 16.8. The van der Waals surface area contributed by atoms with Gasteiger partial charge in [-0.3, -0.25) is 4.90 Å². The summed E-state index contributed by atoms with van der Waals surface area (Å²) in [7, 11) is 0. The number of carbonyl (C=O) groups is 1. The lowest BCUT2D eigenvalue weighted by Crippen LogP contribution is -2.47. The fourth-order valence-corrected chi connectivity index (χ4v) is 2.75. The third-order valence-electron chi connectivity index (χ3n) is 4.90. The summed E-state index contributed by atoms with van der Waals surface area (Å²) in [5.41, 5.74) is 1.96. The van der Waals surface area contributed by atoms with Gasteiger partial charge in [-0.1, -0.05) is 13.3 Å². The van der Waals surface area contributed by atoms with E-state index in [0.717, 1.165) is 30.8 Å². The van der Waals surface area contributed by atoms with E-state index in [4.69, 9.17) is 20.1 Å². The summed E-state index contributed by atoms with van der Waals surface area (Å²) >= 11 is 0. The lowest BCUT2D eigenvalue weighted by molar-refractivity contribution is -0.192. The van der Waals surface area contributed by atoms with E-state index >= 15 is 0 Å². The molecule has 0 bridgehead atoms. The molecule has 0 saturated heterocycles. The van der Waals surface area contributed by atoms with E-state index < -0.39 is 49.8 Å². The molecular formula is C22H38F3N3O8. The molecule has 36 heavy (non-hydrogen) atoms. The molecule has 0 aliphatic rings. The number of benzene rings is 1. The maximum Gasteiger partial charge on any atom is 0.490 e. The fraction of sp³-hybridized carbons (Fsp3) is 0.682. The number of hydrogen-bond donors (Lipinski definition) is 9. The monoisotopic (exact) mass is 529 g/mol. The maximum absolute atomic E-state index is 10.6. The molecule has 0 unspecified atom stereocenters. The Hall–Kier alpha value is -2.20. The molecule has 9 N–H and O–H groups in total. The lowest BCUT2D eigenvalue weighted by Gasteiger charge is -2.30. The van der Waals surface area contributed by atoms with Crippen molar-refractivity contribution in [3.05, 3.63) is 24.3 Å². The van der Waals surface area contributed by atoms with Crippen molar-refractivity contribution in [3.8, 4) is 0 Å². The SMILES string of the molecule is CCCCNc1ccc(NCCN(C[C@H](O)[C@H](O)CO)C[C@H](O)[C@H](O)CO)cc1.O=C(O)C(F)(F)F. The summed E-state index contributed by atoms with van der Waals surface area (Å²) < 4.78 is 31.7. The first kappa shape index (κ1) is 33.8. The molecule has 0 heterocycles. The van der Waals surface area contributed by atoms with Crippen molar-refractivity contribution >= 4 is 17.3 Å². The molecule has 4 atom stereocenters. The molecule has 0 amide bonds. The zero-order valence-electron chi connectivity index (χ0n) is 20.1. The van der Waals surface area contributed by atoms with Gasteiger partial charge in [0.2, 0.25) is 0 Å². The minimum Gasteiger partial charge on any atom is -0.475 e. The largest absolute Gasteiger partial charge is 0.490 e. The van der Waals surface area contributed by atoms with Gasteiger partial charge in [0.15, 0.2) is 0 Å². The number of aliphatic hydroxyl groups is 6. The maximum atomic E-state index is 10.6. The predicted molar refractivity (Wildman–Crippen MR) is 127 cm³/mol. The first-order valence-electron chi connectivity index (χ1n) is 11.4. The second-order valence-corrected chi connectivity index (χ2v) is 7.98. The van der Waals surface area contributed by atoms with Gasteiger partial charge in [0, 0.05) is 44.1 Å². The van der Waals surface area contributed by atoms with Crippen molar-refractivity contribution < 1.29 is 53.7 Å².